The molecule has 4 aromatic carbocycles. The second kappa shape index (κ2) is 20.2. The molecule has 0 amide bonds. The Hall–Kier alpha value is -4.73. The molecule has 1 atom stereocenters. The lowest BCUT2D eigenvalue weighted by molar-refractivity contribution is -0.384. The van der Waals surface area contributed by atoms with Gasteiger partial charge in [-0.1, -0.05) is 61.4 Å². The van der Waals surface area contributed by atoms with Crippen molar-refractivity contribution in [2.24, 2.45) is 5.92 Å². The summed E-state index contributed by atoms with van der Waals surface area (Å²) in [5, 5.41) is 20.5. The third kappa shape index (κ3) is 11.3. The molecule has 316 valence electrons. The number of nitro groups is 1. The SMILES string of the molecule is CC(C)CNCC[C@H](CSc1ccccc1)Nc1ccc(S(=O)(=O)Nc2ncnc3cc(N4CCN(CC5=C(c6ccc(Cl)cc6)CCCC5)CC4)ccc23)cc1[N+](=O)[O-]. The lowest BCUT2D eigenvalue weighted by atomic mass is 9.87. The van der Waals surface area contributed by atoms with E-state index >= 15 is 0 Å². The molecule has 60 heavy (non-hydrogen) atoms. The molecule has 2 heterocycles. The first-order valence-electron chi connectivity index (χ1n) is 20.7. The van der Waals surface area contributed by atoms with E-state index in [1.54, 1.807) is 11.8 Å². The van der Waals surface area contributed by atoms with Gasteiger partial charge in [0, 0.05) is 71.6 Å². The van der Waals surface area contributed by atoms with E-state index in [0.717, 1.165) is 86.7 Å². The van der Waals surface area contributed by atoms with Gasteiger partial charge in [-0.15, -0.1) is 11.8 Å². The van der Waals surface area contributed by atoms with Crippen molar-refractivity contribution >= 4 is 72.7 Å². The first-order valence-corrected chi connectivity index (χ1v) is 23.5. The van der Waals surface area contributed by atoms with Gasteiger partial charge in [-0.2, -0.15) is 0 Å². The molecule has 0 bridgehead atoms. The van der Waals surface area contributed by atoms with Crippen LogP contribution < -0.4 is 20.3 Å². The van der Waals surface area contributed by atoms with E-state index < -0.39 is 14.9 Å². The molecule has 0 radical (unpaired) electrons. The molecule has 12 nitrogen and oxygen atoms in total. The maximum Gasteiger partial charge on any atom is 0.293 e. The molecule has 1 saturated heterocycles. The minimum absolute atomic E-state index is 0.102. The quantitative estimate of drug-likeness (QED) is 0.0335. The van der Waals surface area contributed by atoms with Crippen LogP contribution in [0.3, 0.4) is 0 Å². The molecule has 1 aliphatic heterocycles. The van der Waals surface area contributed by atoms with Crippen molar-refractivity contribution in [2.75, 3.05) is 66.5 Å². The summed E-state index contributed by atoms with van der Waals surface area (Å²) >= 11 is 7.84. The van der Waals surface area contributed by atoms with E-state index in [4.69, 9.17) is 11.6 Å². The Morgan fingerprint density at radius 1 is 0.917 bits per heavy atom. The van der Waals surface area contributed by atoms with Crippen molar-refractivity contribution in [3.63, 3.8) is 0 Å². The second-order valence-corrected chi connectivity index (χ2v) is 19.1. The smallest absolute Gasteiger partial charge is 0.293 e. The molecule has 1 aromatic heterocycles. The number of nitro benzene ring substituents is 1. The van der Waals surface area contributed by atoms with Crippen molar-refractivity contribution in [1.29, 1.82) is 0 Å². The molecule has 2 aliphatic rings. The predicted molar refractivity (Wildman–Crippen MR) is 246 cm³/mol. The number of allylic oxidation sites excluding steroid dienone is 1. The van der Waals surface area contributed by atoms with E-state index in [2.05, 4.69) is 61.1 Å². The number of halogens is 1. The summed E-state index contributed by atoms with van der Waals surface area (Å²) in [4.78, 5) is 26.3. The number of aromatic nitrogens is 2. The summed E-state index contributed by atoms with van der Waals surface area (Å²) in [6.45, 7) is 10.4. The summed E-state index contributed by atoms with van der Waals surface area (Å²) in [6, 6.07) is 27.8. The van der Waals surface area contributed by atoms with Crippen molar-refractivity contribution in [2.45, 2.75) is 61.8 Å². The topological polar surface area (TPSA) is 146 Å². The minimum atomic E-state index is -4.26. The zero-order valence-electron chi connectivity index (χ0n) is 34.1. The van der Waals surface area contributed by atoms with Crippen LogP contribution in [0, 0.1) is 16.0 Å². The van der Waals surface area contributed by atoms with Gasteiger partial charge in [0.1, 0.15) is 12.0 Å². The number of anilines is 3. The van der Waals surface area contributed by atoms with Crippen LogP contribution in [0.5, 0.6) is 0 Å². The summed E-state index contributed by atoms with van der Waals surface area (Å²) in [5.74, 6) is 1.26. The Kier molecular flexibility index (Phi) is 14.6. The van der Waals surface area contributed by atoms with Crippen molar-refractivity contribution in [1.82, 2.24) is 20.2 Å². The van der Waals surface area contributed by atoms with E-state index in [9.17, 15) is 18.5 Å². The molecule has 1 fully saturated rings. The van der Waals surface area contributed by atoms with Crippen molar-refractivity contribution in [3.8, 4) is 0 Å². The number of sulfonamides is 1. The van der Waals surface area contributed by atoms with Gasteiger partial charge in [0.05, 0.1) is 15.3 Å². The van der Waals surface area contributed by atoms with Gasteiger partial charge >= 0.3 is 0 Å². The molecule has 15 heteroatoms. The Labute approximate surface area is 362 Å². The molecule has 7 rings (SSSR count). The molecule has 0 saturated carbocycles. The van der Waals surface area contributed by atoms with Crippen LogP contribution in [0.25, 0.3) is 16.5 Å². The van der Waals surface area contributed by atoms with Gasteiger partial charge in [0.2, 0.25) is 0 Å². The summed E-state index contributed by atoms with van der Waals surface area (Å²) < 4.78 is 30.2. The maximum absolute atomic E-state index is 13.8. The van der Waals surface area contributed by atoms with Gasteiger partial charge < -0.3 is 15.5 Å². The number of hydrogen-bond acceptors (Lipinski definition) is 11. The van der Waals surface area contributed by atoms with E-state index in [1.165, 1.54) is 48.0 Å². The van der Waals surface area contributed by atoms with Gasteiger partial charge in [0.25, 0.3) is 15.7 Å². The number of nitrogens with one attached hydrogen (secondary N) is 3. The lowest BCUT2D eigenvalue weighted by Crippen LogP contribution is -2.47. The molecular formula is C45H53ClN8O4S2. The van der Waals surface area contributed by atoms with Crippen molar-refractivity contribution in [3.05, 3.63) is 124 Å². The summed E-state index contributed by atoms with van der Waals surface area (Å²) in [5.41, 5.74) is 5.80. The average molecular weight is 870 g/mol. The summed E-state index contributed by atoms with van der Waals surface area (Å²) in [7, 11) is -4.26. The standard InChI is InChI=1S/C45H53ClN8O4S2/c1-32(2)28-47-21-20-36(30-59-38-9-4-3-5-10-38)50-42-19-17-39(27-44(42)54(55)56)60(57,58)51-45-41-18-16-37(26-43(41)48-31-49-45)53-24-22-52(23-25-53)29-34-8-6-7-11-40(34)33-12-14-35(46)15-13-33/h3-5,9-10,12-19,26-27,31-32,36,47,50H,6-8,11,20-25,28-30H2,1-2H3,(H,48,49,51)/t36-/m1/s1. The molecule has 5 aromatic rings. The molecular weight excluding hydrogens is 816 g/mol. The first kappa shape index (κ1) is 43.4. The van der Waals surface area contributed by atoms with Crippen molar-refractivity contribution < 1.29 is 13.3 Å². The largest absolute Gasteiger partial charge is 0.376 e. The van der Waals surface area contributed by atoms with Crippen LogP contribution in [0.4, 0.5) is 22.9 Å². The fourth-order valence-electron chi connectivity index (χ4n) is 7.83. The van der Waals surface area contributed by atoms with Crippen LogP contribution in [0.2, 0.25) is 5.02 Å². The lowest BCUT2D eigenvalue weighted by Gasteiger charge is -2.37. The maximum atomic E-state index is 13.8. The highest BCUT2D eigenvalue weighted by Crippen LogP contribution is 2.35. The Bertz CT molecular complexity index is 2390. The number of thioether (sulfide) groups is 1. The number of fused-ring (bicyclic) bond motifs is 1. The minimum Gasteiger partial charge on any atom is -0.376 e. The number of hydrogen-bond donors (Lipinski definition) is 3. The molecule has 0 spiro atoms. The normalized spacial score (nSPS) is 15.7. The number of rotatable bonds is 18. The van der Waals surface area contributed by atoms with E-state index in [1.807, 2.05) is 60.7 Å². The van der Waals surface area contributed by atoms with Crippen LogP contribution in [0.1, 0.15) is 51.5 Å². The molecule has 3 N–H and O–H groups in total. The highest BCUT2D eigenvalue weighted by atomic mass is 35.5. The second-order valence-electron chi connectivity index (χ2n) is 15.9. The zero-order chi connectivity index (χ0) is 42.1. The number of nitrogens with zero attached hydrogens (tertiary/aromatic N) is 5. The fraction of sp³-hybridized carbons (Fsp3) is 0.378. The highest BCUT2D eigenvalue weighted by Gasteiger charge is 2.26. The van der Waals surface area contributed by atoms with E-state index in [-0.39, 0.29) is 28.1 Å². The number of piperazine rings is 1. The van der Waals surface area contributed by atoms with Crippen LogP contribution in [0.15, 0.2) is 113 Å². The monoisotopic (exact) mass is 868 g/mol. The molecule has 1 aliphatic carbocycles. The highest BCUT2D eigenvalue weighted by molar-refractivity contribution is 7.99. The fourth-order valence-corrected chi connectivity index (χ4v) is 10.0. The van der Waals surface area contributed by atoms with Gasteiger partial charge in [-0.05, 0) is 117 Å². The Morgan fingerprint density at radius 2 is 1.68 bits per heavy atom. The average Bonchev–Trinajstić information content (AvgIpc) is 3.25. The van der Waals surface area contributed by atoms with Crippen LogP contribution in [-0.4, -0.2) is 85.8 Å². The summed E-state index contributed by atoms with van der Waals surface area (Å²) in [6.07, 6.45) is 6.71. The third-order valence-electron chi connectivity index (χ3n) is 11.0. The van der Waals surface area contributed by atoms with Crippen LogP contribution in [-0.2, 0) is 10.0 Å². The first-order chi connectivity index (χ1) is 29.0. The Balaban J connectivity index is 1.02. The van der Waals surface area contributed by atoms with Gasteiger partial charge in [-0.25, -0.2) is 18.4 Å². The molecule has 0 unspecified atom stereocenters. The van der Waals surface area contributed by atoms with E-state index in [0.29, 0.717) is 22.6 Å². The number of benzene rings is 4. The van der Waals surface area contributed by atoms with Gasteiger partial charge in [-0.3, -0.25) is 19.7 Å². The third-order valence-corrected chi connectivity index (χ3v) is 13.8. The van der Waals surface area contributed by atoms with Gasteiger partial charge in [0.15, 0.2) is 5.82 Å². The Morgan fingerprint density at radius 3 is 2.43 bits per heavy atom. The van der Waals surface area contributed by atoms with Crippen LogP contribution >= 0.6 is 23.4 Å². The zero-order valence-corrected chi connectivity index (χ0v) is 36.5. The predicted octanol–water partition coefficient (Wildman–Crippen LogP) is 9.35.